The highest BCUT2D eigenvalue weighted by Crippen LogP contribution is 2.19. The van der Waals surface area contributed by atoms with Gasteiger partial charge >= 0.3 is 5.69 Å². The van der Waals surface area contributed by atoms with Crippen LogP contribution in [0.3, 0.4) is 0 Å². The molecule has 0 spiro atoms. The number of fused-ring (bicyclic) bond motifs is 1. The summed E-state index contributed by atoms with van der Waals surface area (Å²) in [5, 5.41) is 10.3. The van der Waals surface area contributed by atoms with Crippen LogP contribution in [0.4, 0.5) is 5.69 Å². The Hall–Kier alpha value is -2.51. The number of hydrogen-bond donors (Lipinski definition) is 2. The van der Waals surface area contributed by atoms with E-state index in [1.165, 1.54) is 9.96 Å². The molecule has 7 nitrogen and oxygen atoms in total. The monoisotopic (exact) mass is 417 g/mol. The van der Waals surface area contributed by atoms with Gasteiger partial charge in [-0.15, -0.1) is 0 Å². The zero-order valence-corrected chi connectivity index (χ0v) is 17.7. The van der Waals surface area contributed by atoms with Crippen molar-refractivity contribution in [3.8, 4) is 5.75 Å². The highest BCUT2D eigenvalue weighted by molar-refractivity contribution is 6.30. The van der Waals surface area contributed by atoms with Gasteiger partial charge in [-0.2, -0.15) is 5.10 Å². The van der Waals surface area contributed by atoms with Crippen molar-refractivity contribution in [1.29, 1.82) is 0 Å². The minimum absolute atomic E-state index is 0.301. The van der Waals surface area contributed by atoms with Crippen molar-refractivity contribution in [2.45, 2.75) is 26.7 Å². The quantitative estimate of drug-likeness (QED) is 0.467. The van der Waals surface area contributed by atoms with E-state index in [9.17, 15) is 4.79 Å². The normalized spacial score (nSPS) is 11.3. The molecule has 0 aliphatic heterocycles. The molecule has 1 aromatic carbocycles. The SMILES string of the molecule is CCN(CC)CCOc1ccc(CCCNc2cc(Cl)cn3c(=O)[nH]nc23)cc1. The van der Waals surface area contributed by atoms with Gasteiger partial charge < -0.3 is 15.0 Å². The lowest BCUT2D eigenvalue weighted by Gasteiger charge is -2.18. The Kier molecular flexibility index (Phi) is 7.55. The van der Waals surface area contributed by atoms with E-state index < -0.39 is 0 Å². The lowest BCUT2D eigenvalue weighted by atomic mass is 10.1. The van der Waals surface area contributed by atoms with Gasteiger partial charge in [-0.25, -0.2) is 14.3 Å². The number of hydrogen-bond acceptors (Lipinski definition) is 5. The second-order valence-corrected chi connectivity index (χ2v) is 7.28. The third kappa shape index (κ3) is 5.74. The van der Waals surface area contributed by atoms with Crippen molar-refractivity contribution < 1.29 is 4.74 Å². The standard InChI is InChI=1S/C21H28ClN5O2/c1-3-26(4-2)12-13-29-18-9-7-16(8-10-18)6-5-11-23-19-14-17(22)15-27-20(19)24-25-21(27)28/h7-10,14-15,23H,3-6,11-13H2,1-2H3,(H,25,28). The molecule has 3 aromatic rings. The minimum Gasteiger partial charge on any atom is -0.492 e. The largest absolute Gasteiger partial charge is 0.492 e. The van der Waals surface area contributed by atoms with E-state index in [1.54, 1.807) is 12.3 Å². The van der Waals surface area contributed by atoms with Crippen LogP contribution in [0.15, 0.2) is 41.3 Å². The maximum absolute atomic E-state index is 11.7. The average molecular weight is 418 g/mol. The number of H-pyrrole nitrogens is 1. The Labute approximate surface area is 175 Å². The number of anilines is 1. The number of aryl methyl sites for hydroxylation is 1. The second-order valence-electron chi connectivity index (χ2n) is 6.84. The van der Waals surface area contributed by atoms with Crippen LogP contribution in [-0.2, 0) is 6.42 Å². The van der Waals surface area contributed by atoms with E-state index in [4.69, 9.17) is 16.3 Å². The summed E-state index contributed by atoms with van der Waals surface area (Å²) in [5.41, 5.74) is 2.25. The summed E-state index contributed by atoms with van der Waals surface area (Å²) in [5.74, 6) is 0.907. The van der Waals surface area contributed by atoms with Gasteiger partial charge in [0.05, 0.1) is 10.7 Å². The van der Waals surface area contributed by atoms with E-state index in [-0.39, 0.29) is 5.69 Å². The number of benzene rings is 1. The number of likely N-dealkylation sites (N-methyl/N-ethyl adjacent to an activating group) is 1. The van der Waals surface area contributed by atoms with Gasteiger partial charge in [0.25, 0.3) is 0 Å². The van der Waals surface area contributed by atoms with Crippen molar-refractivity contribution in [2.75, 3.05) is 38.1 Å². The lowest BCUT2D eigenvalue weighted by molar-refractivity contribution is 0.223. The van der Waals surface area contributed by atoms with Crippen LogP contribution in [0.25, 0.3) is 5.65 Å². The van der Waals surface area contributed by atoms with Gasteiger partial charge in [0.15, 0.2) is 5.65 Å². The zero-order chi connectivity index (χ0) is 20.6. The molecule has 0 saturated carbocycles. The van der Waals surface area contributed by atoms with Crippen molar-refractivity contribution in [3.05, 3.63) is 57.6 Å². The molecule has 2 heterocycles. The number of halogens is 1. The Morgan fingerprint density at radius 2 is 2.00 bits per heavy atom. The Morgan fingerprint density at radius 1 is 1.24 bits per heavy atom. The van der Waals surface area contributed by atoms with Crippen molar-refractivity contribution >= 4 is 22.9 Å². The molecular formula is C21H28ClN5O2. The van der Waals surface area contributed by atoms with E-state index in [0.29, 0.717) is 17.3 Å². The van der Waals surface area contributed by atoms with Gasteiger partial charge in [0.2, 0.25) is 0 Å². The fourth-order valence-electron chi connectivity index (χ4n) is 3.21. The average Bonchev–Trinajstić information content (AvgIpc) is 3.10. The Morgan fingerprint density at radius 3 is 2.72 bits per heavy atom. The third-order valence-electron chi connectivity index (χ3n) is 4.93. The smallest absolute Gasteiger partial charge is 0.347 e. The Bertz CT molecular complexity index is 963. The number of rotatable bonds is 11. The van der Waals surface area contributed by atoms with Gasteiger partial charge in [-0.05, 0) is 49.7 Å². The molecule has 0 atom stereocenters. The number of pyridine rings is 1. The van der Waals surface area contributed by atoms with E-state index in [0.717, 1.165) is 50.5 Å². The van der Waals surface area contributed by atoms with Crippen LogP contribution in [0.2, 0.25) is 5.02 Å². The summed E-state index contributed by atoms with van der Waals surface area (Å²) in [6.45, 7) is 8.82. The summed E-state index contributed by atoms with van der Waals surface area (Å²) in [4.78, 5) is 14.0. The van der Waals surface area contributed by atoms with Gasteiger partial charge in [-0.1, -0.05) is 37.6 Å². The summed E-state index contributed by atoms with van der Waals surface area (Å²) in [6, 6.07) is 10.1. The Balaban J connectivity index is 1.45. The number of ether oxygens (including phenoxy) is 1. The molecule has 0 amide bonds. The number of aromatic nitrogens is 3. The molecule has 0 bridgehead atoms. The number of nitrogens with zero attached hydrogens (tertiary/aromatic N) is 3. The van der Waals surface area contributed by atoms with Crippen molar-refractivity contribution in [1.82, 2.24) is 19.5 Å². The molecule has 2 N–H and O–H groups in total. The van der Waals surface area contributed by atoms with Crippen LogP contribution in [0, 0.1) is 0 Å². The first kappa shape index (κ1) is 21.2. The third-order valence-corrected chi connectivity index (χ3v) is 5.14. The van der Waals surface area contributed by atoms with Gasteiger partial charge in [0.1, 0.15) is 12.4 Å². The highest BCUT2D eigenvalue weighted by Gasteiger charge is 2.07. The predicted octanol–water partition coefficient (Wildman–Crippen LogP) is 3.44. The van der Waals surface area contributed by atoms with Crippen LogP contribution in [0.5, 0.6) is 5.75 Å². The minimum atomic E-state index is -0.301. The first-order valence-corrected chi connectivity index (χ1v) is 10.4. The molecule has 0 aliphatic carbocycles. The number of aromatic amines is 1. The van der Waals surface area contributed by atoms with Crippen LogP contribution >= 0.6 is 11.6 Å². The second kappa shape index (κ2) is 10.3. The van der Waals surface area contributed by atoms with Gasteiger partial charge in [0, 0.05) is 19.3 Å². The molecule has 0 fully saturated rings. The molecule has 0 radical (unpaired) electrons. The van der Waals surface area contributed by atoms with Crippen LogP contribution < -0.4 is 15.7 Å². The van der Waals surface area contributed by atoms with E-state index >= 15 is 0 Å². The molecule has 2 aromatic heterocycles. The first-order valence-electron chi connectivity index (χ1n) is 10.0. The lowest BCUT2D eigenvalue weighted by Crippen LogP contribution is -2.27. The topological polar surface area (TPSA) is 74.7 Å². The summed E-state index contributed by atoms with van der Waals surface area (Å²) >= 11 is 6.09. The maximum atomic E-state index is 11.7. The molecule has 0 saturated heterocycles. The van der Waals surface area contributed by atoms with Crippen molar-refractivity contribution in [2.24, 2.45) is 0 Å². The van der Waals surface area contributed by atoms with Crippen molar-refractivity contribution in [3.63, 3.8) is 0 Å². The molecule has 29 heavy (non-hydrogen) atoms. The summed E-state index contributed by atoms with van der Waals surface area (Å²) < 4.78 is 7.23. The molecule has 0 aliphatic rings. The summed E-state index contributed by atoms with van der Waals surface area (Å²) in [6.07, 6.45) is 3.44. The van der Waals surface area contributed by atoms with E-state index in [1.807, 2.05) is 12.1 Å². The van der Waals surface area contributed by atoms with Crippen LogP contribution in [-0.4, -0.2) is 52.3 Å². The molecule has 8 heteroatoms. The number of nitrogens with one attached hydrogen (secondary N) is 2. The fourth-order valence-corrected chi connectivity index (χ4v) is 3.41. The highest BCUT2D eigenvalue weighted by atomic mass is 35.5. The van der Waals surface area contributed by atoms with Gasteiger partial charge in [-0.3, -0.25) is 0 Å². The van der Waals surface area contributed by atoms with Crippen LogP contribution in [0.1, 0.15) is 25.8 Å². The predicted molar refractivity (Wildman–Crippen MR) is 117 cm³/mol. The maximum Gasteiger partial charge on any atom is 0.347 e. The first-order chi connectivity index (χ1) is 14.1. The molecule has 3 rings (SSSR count). The summed E-state index contributed by atoms with van der Waals surface area (Å²) in [7, 11) is 0. The molecular weight excluding hydrogens is 390 g/mol. The van der Waals surface area contributed by atoms with E-state index in [2.05, 4.69) is 46.4 Å². The molecule has 0 unspecified atom stereocenters. The zero-order valence-electron chi connectivity index (χ0n) is 16.9. The fraction of sp³-hybridized carbons (Fsp3) is 0.429. The molecule has 156 valence electrons.